The normalized spacial score (nSPS) is 9.76. The first-order valence-electron chi connectivity index (χ1n) is 5.45. The van der Waals surface area contributed by atoms with Crippen molar-refractivity contribution < 1.29 is 4.79 Å². The second-order valence-electron chi connectivity index (χ2n) is 3.72. The van der Waals surface area contributed by atoms with Crippen LogP contribution in [0.3, 0.4) is 0 Å². The smallest absolute Gasteiger partial charge is 0.239 e. The van der Waals surface area contributed by atoms with E-state index in [0.717, 1.165) is 16.8 Å². The maximum atomic E-state index is 11.3. The van der Waals surface area contributed by atoms with Crippen molar-refractivity contribution in [2.75, 3.05) is 18.4 Å². The van der Waals surface area contributed by atoms with E-state index in [1.165, 1.54) is 0 Å². The molecule has 1 rings (SSSR count). The van der Waals surface area contributed by atoms with Gasteiger partial charge in [-0.3, -0.25) is 4.79 Å². The Morgan fingerprint density at radius 3 is 2.76 bits per heavy atom. The molecule has 0 bridgehead atoms. The molecule has 1 amide bonds. The summed E-state index contributed by atoms with van der Waals surface area (Å²) in [5.74, 6) is -0.0529. The van der Waals surface area contributed by atoms with Gasteiger partial charge in [-0.1, -0.05) is 18.3 Å². The quantitative estimate of drug-likeness (QED) is 0.687. The Hall–Kier alpha value is -1.62. The molecule has 0 atom stereocenters. The Bertz CT molecular complexity index is 432. The van der Waals surface area contributed by atoms with E-state index >= 15 is 0 Å². The van der Waals surface area contributed by atoms with E-state index in [9.17, 15) is 4.79 Å². The van der Waals surface area contributed by atoms with E-state index in [1.54, 1.807) is 0 Å². The lowest BCUT2D eigenvalue weighted by Crippen LogP contribution is -2.30. The molecule has 0 aliphatic carbocycles. The molecule has 0 unspecified atom stereocenters. The molecule has 0 saturated heterocycles. The number of rotatable bonds is 5. The van der Waals surface area contributed by atoms with Crippen molar-refractivity contribution in [2.45, 2.75) is 13.8 Å². The van der Waals surface area contributed by atoms with Crippen LogP contribution in [0.4, 0.5) is 5.69 Å². The highest BCUT2D eigenvalue weighted by Crippen LogP contribution is 2.17. The number of carbonyl (C=O) groups excluding carboxylic acids is 1. The van der Waals surface area contributed by atoms with Gasteiger partial charge in [-0.05, 0) is 31.5 Å². The number of benzene rings is 1. The molecule has 92 valence electrons. The number of thiocarbonyl (C=S) groups is 1. The fourth-order valence-electron chi connectivity index (χ4n) is 1.45. The second kappa shape index (κ2) is 6.20. The minimum absolute atomic E-state index is 0.0529. The molecular formula is C12H17N3OS. The zero-order valence-electron chi connectivity index (χ0n) is 10.0. The summed E-state index contributed by atoms with van der Waals surface area (Å²) in [7, 11) is 0. The number of nitrogens with one attached hydrogen (secondary N) is 2. The van der Waals surface area contributed by atoms with Gasteiger partial charge in [-0.15, -0.1) is 0 Å². The van der Waals surface area contributed by atoms with E-state index in [2.05, 4.69) is 10.6 Å². The molecule has 1 aromatic carbocycles. The highest BCUT2D eigenvalue weighted by molar-refractivity contribution is 7.80. The van der Waals surface area contributed by atoms with Crippen molar-refractivity contribution in [1.82, 2.24) is 5.32 Å². The standard InChI is InChI=1S/C12H17N3OS/c1-3-14-11(16)7-15-10-6-8(2)4-5-9(10)12(13)17/h4-6,15H,3,7H2,1-2H3,(H2,13,17)(H,14,16). The van der Waals surface area contributed by atoms with Gasteiger partial charge in [0.05, 0.1) is 6.54 Å². The van der Waals surface area contributed by atoms with Gasteiger partial charge in [0.25, 0.3) is 0 Å². The topological polar surface area (TPSA) is 67.2 Å². The van der Waals surface area contributed by atoms with E-state index in [1.807, 2.05) is 32.0 Å². The van der Waals surface area contributed by atoms with Crippen LogP contribution < -0.4 is 16.4 Å². The van der Waals surface area contributed by atoms with Gasteiger partial charge in [0, 0.05) is 17.8 Å². The van der Waals surface area contributed by atoms with Crippen LogP contribution in [0.1, 0.15) is 18.1 Å². The molecule has 0 aliphatic rings. The van der Waals surface area contributed by atoms with E-state index in [0.29, 0.717) is 11.5 Å². The first-order valence-corrected chi connectivity index (χ1v) is 5.86. The van der Waals surface area contributed by atoms with Gasteiger partial charge in [0.15, 0.2) is 0 Å². The third-order valence-corrected chi connectivity index (χ3v) is 2.47. The summed E-state index contributed by atoms with van der Waals surface area (Å²) in [6.07, 6.45) is 0. The van der Waals surface area contributed by atoms with Gasteiger partial charge in [-0.2, -0.15) is 0 Å². The average molecular weight is 251 g/mol. The van der Waals surface area contributed by atoms with Crippen LogP contribution in [-0.2, 0) is 4.79 Å². The van der Waals surface area contributed by atoms with Gasteiger partial charge < -0.3 is 16.4 Å². The van der Waals surface area contributed by atoms with Crippen LogP contribution in [0.2, 0.25) is 0 Å². The summed E-state index contributed by atoms with van der Waals surface area (Å²) in [6.45, 7) is 4.69. The third kappa shape index (κ3) is 4.03. The molecule has 0 aromatic heterocycles. The molecule has 0 aliphatic heterocycles. The Balaban J connectivity index is 2.78. The minimum atomic E-state index is -0.0529. The minimum Gasteiger partial charge on any atom is -0.389 e. The molecule has 0 saturated carbocycles. The number of hydrogen-bond donors (Lipinski definition) is 3. The van der Waals surface area contributed by atoms with E-state index in [4.69, 9.17) is 18.0 Å². The number of carbonyl (C=O) groups is 1. The fraction of sp³-hybridized carbons (Fsp3) is 0.333. The fourth-order valence-corrected chi connectivity index (χ4v) is 1.63. The Kier molecular flexibility index (Phi) is 4.90. The molecule has 4 nitrogen and oxygen atoms in total. The predicted molar refractivity (Wildman–Crippen MR) is 74.2 cm³/mol. The van der Waals surface area contributed by atoms with Crippen LogP contribution in [0.15, 0.2) is 18.2 Å². The molecule has 0 fully saturated rings. The van der Waals surface area contributed by atoms with Crippen molar-refractivity contribution in [3.05, 3.63) is 29.3 Å². The summed E-state index contributed by atoms with van der Waals surface area (Å²) >= 11 is 4.96. The van der Waals surface area contributed by atoms with Crippen molar-refractivity contribution in [3.8, 4) is 0 Å². The van der Waals surface area contributed by atoms with Crippen molar-refractivity contribution in [2.24, 2.45) is 5.73 Å². The molecule has 4 N–H and O–H groups in total. The molecule has 17 heavy (non-hydrogen) atoms. The number of aryl methyl sites for hydroxylation is 1. The number of amides is 1. The van der Waals surface area contributed by atoms with Gasteiger partial charge in [-0.25, -0.2) is 0 Å². The Morgan fingerprint density at radius 1 is 1.47 bits per heavy atom. The third-order valence-electron chi connectivity index (χ3n) is 2.25. The second-order valence-corrected chi connectivity index (χ2v) is 4.16. The summed E-state index contributed by atoms with van der Waals surface area (Å²) < 4.78 is 0. The van der Waals surface area contributed by atoms with Crippen molar-refractivity contribution in [1.29, 1.82) is 0 Å². The van der Waals surface area contributed by atoms with Crippen LogP contribution >= 0.6 is 12.2 Å². The highest BCUT2D eigenvalue weighted by atomic mass is 32.1. The first-order chi connectivity index (χ1) is 8.04. The highest BCUT2D eigenvalue weighted by Gasteiger charge is 2.06. The average Bonchev–Trinajstić information content (AvgIpc) is 2.26. The summed E-state index contributed by atoms with van der Waals surface area (Å²) in [5, 5.41) is 5.75. The molecule has 1 aromatic rings. The van der Waals surface area contributed by atoms with Crippen LogP contribution in [-0.4, -0.2) is 24.0 Å². The van der Waals surface area contributed by atoms with Crippen molar-refractivity contribution in [3.63, 3.8) is 0 Å². The summed E-state index contributed by atoms with van der Waals surface area (Å²) in [4.78, 5) is 11.7. The lowest BCUT2D eigenvalue weighted by atomic mass is 10.1. The summed E-state index contributed by atoms with van der Waals surface area (Å²) in [6, 6.07) is 5.72. The Morgan fingerprint density at radius 2 is 2.18 bits per heavy atom. The lowest BCUT2D eigenvalue weighted by Gasteiger charge is -2.11. The van der Waals surface area contributed by atoms with E-state index < -0.39 is 0 Å². The SMILES string of the molecule is CCNC(=O)CNc1cc(C)ccc1C(N)=S. The zero-order chi connectivity index (χ0) is 12.8. The molecule has 0 spiro atoms. The maximum absolute atomic E-state index is 11.3. The number of anilines is 1. The van der Waals surface area contributed by atoms with Gasteiger partial charge >= 0.3 is 0 Å². The zero-order valence-corrected chi connectivity index (χ0v) is 10.9. The maximum Gasteiger partial charge on any atom is 0.239 e. The number of likely N-dealkylation sites (N-methyl/N-ethyl adjacent to an activating group) is 1. The molecular weight excluding hydrogens is 234 g/mol. The van der Waals surface area contributed by atoms with E-state index in [-0.39, 0.29) is 12.5 Å². The Labute approximate surface area is 107 Å². The van der Waals surface area contributed by atoms with Crippen LogP contribution in [0.5, 0.6) is 0 Å². The molecule has 0 heterocycles. The lowest BCUT2D eigenvalue weighted by molar-refractivity contribution is -0.119. The molecule has 5 heteroatoms. The summed E-state index contributed by atoms with van der Waals surface area (Å²) in [5.41, 5.74) is 8.26. The van der Waals surface area contributed by atoms with Gasteiger partial charge in [0.1, 0.15) is 4.99 Å². The first kappa shape index (κ1) is 13.4. The van der Waals surface area contributed by atoms with Crippen LogP contribution in [0.25, 0.3) is 0 Å². The monoisotopic (exact) mass is 251 g/mol. The van der Waals surface area contributed by atoms with Gasteiger partial charge in [0.2, 0.25) is 5.91 Å². The predicted octanol–water partition coefficient (Wildman–Crippen LogP) is 1.18. The molecule has 0 radical (unpaired) electrons. The van der Waals surface area contributed by atoms with Crippen molar-refractivity contribution >= 4 is 28.8 Å². The number of nitrogens with two attached hydrogens (primary N) is 1. The van der Waals surface area contributed by atoms with Crippen LogP contribution in [0, 0.1) is 6.92 Å². The largest absolute Gasteiger partial charge is 0.389 e. The number of hydrogen-bond acceptors (Lipinski definition) is 3.